The third-order valence-electron chi connectivity index (χ3n) is 2.88. The first-order valence-electron chi connectivity index (χ1n) is 6.77. The monoisotopic (exact) mass is 278 g/mol. The Morgan fingerprint density at radius 2 is 2.15 bits per heavy atom. The predicted octanol–water partition coefficient (Wildman–Crippen LogP) is 2.97. The third kappa shape index (κ3) is 5.73. The van der Waals surface area contributed by atoms with E-state index in [0.29, 0.717) is 13.0 Å². The number of carbonyl (C=O) groups excluding carboxylic acids is 1. The van der Waals surface area contributed by atoms with Gasteiger partial charge in [-0.3, -0.25) is 0 Å². The molecule has 110 valence electrons. The fourth-order valence-electron chi connectivity index (χ4n) is 1.85. The minimum absolute atomic E-state index is 0.389. The van der Waals surface area contributed by atoms with Crippen LogP contribution < -0.4 is 5.32 Å². The van der Waals surface area contributed by atoms with Crippen molar-refractivity contribution in [1.82, 2.24) is 5.32 Å². The molecule has 0 bridgehead atoms. The Morgan fingerprint density at radius 1 is 1.45 bits per heavy atom. The number of hydrogen-bond acceptors (Lipinski definition) is 4. The van der Waals surface area contributed by atoms with Gasteiger partial charge in [0.05, 0.1) is 18.4 Å². The topological polar surface area (TPSA) is 70.9 Å². The smallest absolute Gasteiger partial charge is 0.407 e. The molecule has 0 spiro atoms. The predicted molar refractivity (Wildman–Crippen MR) is 78.2 cm³/mol. The van der Waals surface area contributed by atoms with Crippen LogP contribution in [0.2, 0.25) is 0 Å². The molecule has 2 N–H and O–H groups in total. The number of oxime groups is 1. The van der Waals surface area contributed by atoms with Crippen molar-refractivity contribution < 1.29 is 14.7 Å². The summed E-state index contributed by atoms with van der Waals surface area (Å²) in [7, 11) is 0. The highest BCUT2D eigenvalue weighted by Gasteiger charge is 2.26. The lowest BCUT2D eigenvalue weighted by molar-refractivity contribution is 0.138. The molecule has 1 aromatic carbocycles. The van der Waals surface area contributed by atoms with Gasteiger partial charge < -0.3 is 15.3 Å². The van der Waals surface area contributed by atoms with Crippen LogP contribution >= 0.6 is 0 Å². The summed E-state index contributed by atoms with van der Waals surface area (Å²) in [5.74, 6) is 0. The van der Waals surface area contributed by atoms with E-state index in [4.69, 9.17) is 9.94 Å². The normalized spacial score (nSPS) is 13.9. The van der Waals surface area contributed by atoms with Gasteiger partial charge in [0, 0.05) is 6.42 Å². The molecule has 0 aliphatic carbocycles. The molecular formula is C15H22N2O3. The molecule has 1 amide bonds. The van der Waals surface area contributed by atoms with Crippen molar-refractivity contribution in [2.24, 2.45) is 5.16 Å². The number of nitrogens with zero attached hydrogens (tertiary/aromatic N) is 1. The van der Waals surface area contributed by atoms with Gasteiger partial charge in [-0.25, -0.2) is 4.79 Å². The molecule has 20 heavy (non-hydrogen) atoms. The lowest BCUT2D eigenvalue weighted by Gasteiger charge is -2.25. The molecule has 1 aromatic rings. The van der Waals surface area contributed by atoms with E-state index in [2.05, 4.69) is 10.5 Å². The molecule has 0 aliphatic heterocycles. The van der Waals surface area contributed by atoms with E-state index in [-0.39, 0.29) is 0 Å². The highest BCUT2D eigenvalue weighted by atomic mass is 16.5. The zero-order chi connectivity index (χ0) is 14.8. The van der Waals surface area contributed by atoms with Gasteiger partial charge >= 0.3 is 6.09 Å². The molecule has 1 unspecified atom stereocenters. The van der Waals surface area contributed by atoms with E-state index in [1.165, 1.54) is 6.21 Å². The van der Waals surface area contributed by atoms with Gasteiger partial charge in [0.1, 0.15) is 0 Å². The maximum atomic E-state index is 11.7. The molecule has 0 radical (unpaired) electrons. The quantitative estimate of drug-likeness (QED) is 0.348. The molecule has 0 aromatic heterocycles. The zero-order valence-electron chi connectivity index (χ0n) is 12.0. The molecule has 5 nitrogen and oxygen atoms in total. The first-order valence-corrected chi connectivity index (χ1v) is 6.77. The lowest BCUT2D eigenvalue weighted by atomic mass is 9.94. The lowest BCUT2D eigenvalue weighted by Crippen LogP contribution is -2.49. The van der Waals surface area contributed by atoms with Gasteiger partial charge in [-0.2, -0.15) is 0 Å². The zero-order valence-corrected chi connectivity index (χ0v) is 12.0. The van der Waals surface area contributed by atoms with E-state index in [9.17, 15) is 4.79 Å². The fraction of sp³-hybridized carbons (Fsp3) is 0.467. The van der Waals surface area contributed by atoms with Crippen LogP contribution in [0.1, 0.15) is 32.3 Å². The van der Waals surface area contributed by atoms with Crippen molar-refractivity contribution in [2.45, 2.75) is 38.6 Å². The number of amides is 1. The summed E-state index contributed by atoms with van der Waals surface area (Å²) < 4.78 is 5.07. The molecule has 1 rings (SSSR count). The van der Waals surface area contributed by atoms with Gasteiger partial charge in [-0.05, 0) is 18.9 Å². The van der Waals surface area contributed by atoms with E-state index >= 15 is 0 Å². The second-order valence-corrected chi connectivity index (χ2v) is 4.94. The van der Waals surface area contributed by atoms with Crippen molar-refractivity contribution in [3.63, 3.8) is 0 Å². The van der Waals surface area contributed by atoms with E-state index in [0.717, 1.165) is 18.4 Å². The van der Waals surface area contributed by atoms with Crippen LogP contribution in [-0.2, 0) is 11.2 Å². The summed E-state index contributed by atoms with van der Waals surface area (Å²) in [6.45, 7) is 4.19. The van der Waals surface area contributed by atoms with E-state index < -0.39 is 11.6 Å². The van der Waals surface area contributed by atoms with Gasteiger partial charge in [0.25, 0.3) is 0 Å². The summed E-state index contributed by atoms with van der Waals surface area (Å²) in [6.07, 6.45) is 3.11. The Balaban J connectivity index is 2.64. The summed E-state index contributed by atoms with van der Waals surface area (Å²) in [5, 5.41) is 14.6. The van der Waals surface area contributed by atoms with Gasteiger partial charge in [-0.15, -0.1) is 0 Å². The Kier molecular flexibility index (Phi) is 6.56. The fourth-order valence-corrected chi connectivity index (χ4v) is 1.85. The summed E-state index contributed by atoms with van der Waals surface area (Å²) in [5.41, 5.74) is 0.239. The molecule has 0 saturated carbocycles. The summed E-state index contributed by atoms with van der Waals surface area (Å²) in [4.78, 5) is 11.7. The highest BCUT2D eigenvalue weighted by Crippen LogP contribution is 2.12. The number of nitrogens with one attached hydrogen (secondary N) is 1. The van der Waals surface area contributed by atoms with Crippen LogP contribution in [0, 0.1) is 0 Å². The number of benzene rings is 1. The van der Waals surface area contributed by atoms with Crippen LogP contribution in [-0.4, -0.2) is 29.7 Å². The minimum Gasteiger partial charge on any atom is -0.450 e. The maximum absolute atomic E-state index is 11.7. The largest absolute Gasteiger partial charge is 0.450 e. The Morgan fingerprint density at radius 3 is 2.75 bits per heavy atom. The second-order valence-electron chi connectivity index (χ2n) is 4.94. The van der Waals surface area contributed by atoms with Crippen molar-refractivity contribution in [2.75, 3.05) is 6.61 Å². The van der Waals surface area contributed by atoms with Crippen LogP contribution in [0.3, 0.4) is 0 Å². The number of unbranched alkanes of at least 4 members (excludes halogenated alkanes) is 1. The second kappa shape index (κ2) is 8.19. The maximum Gasteiger partial charge on any atom is 0.407 e. The molecule has 0 heterocycles. The Labute approximate surface area is 119 Å². The average molecular weight is 278 g/mol. The first-order chi connectivity index (χ1) is 9.59. The SMILES string of the molecule is CCCCOC(=O)NC(C)(C=NO)Cc1ccccc1. The number of ether oxygens (including phenoxy) is 1. The first kappa shape index (κ1) is 16.0. The summed E-state index contributed by atoms with van der Waals surface area (Å²) in [6, 6.07) is 9.67. The average Bonchev–Trinajstić information content (AvgIpc) is 2.40. The molecule has 0 saturated heterocycles. The van der Waals surface area contributed by atoms with Gasteiger partial charge in [0.15, 0.2) is 0 Å². The number of rotatable bonds is 7. The molecule has 0 fully saturated rings. The van der Waals surface area contributed by atoms with Crippen LogP contribution in [0.5, 0.6) is 0 Å². The van der Waals surface area contributed by atoms with Crippen LogP contribution in [0.4, 0.5) is 4.79 Å². The van der Waals surface area contributed by atoms with Gasteiger partial charge in [0.2, 0.25) is 0 Å². The van der Waals surface area contributed by atoms with Crippen LogP contribution in [0.15, 0.2) is 35.5 Å². The minimum atomic E-state index is -0.792. The Bertz CT molecular complexity index is 434. The highest BCUT2D eigenvalue weighted by molar-refractivity contribution is 5.78. The van der Waals surface area contributed by atoms with E-state index in [1.807, 2.05) is 37.3 Å². The van der Waals surface area contributed by atoms with Crippen molar-refractivity contribution in [3.8, 4) is 0 Å². The van der Waals surface area contributed by atoms with Crippen molar-refractivity contribution in [3.05, 3.63) is 35.9 Å². The van der Waals surface area contributed by atoms with Crippen molar-refractivity contribution >= 4 is 12.3 Å². The van der Waals surface area contributed by atoms with Crippen molar-refractivity contribution in [1.29, 1.82) is 0 Å². The number of alkyl carbamates (subject to hydrolysis) is 1. The molecule has 0 aliphatic rings. The van der Waals surface area contributed by atoms with E-state index in [1.54, 1.807) is 6.92 Å². The standard InChI is InChI=1S/C15H22N2O3/c1-3-4-10-20-14(18)17-15(2,12-16-19)11-13-8-6-5-7-9-13/h5-9,12,19H,3-4,10-11H2,1-2H3,(H,17,18). The van der Waals surface area contributed by atoms with Gasteiger partial charge in [-0.1, -0.05) is 48.8 Å². The van der Waals surface area contributed by atoms with Crippen LogP contribution in [0.25, 0.3) is 0 Å². The number of hydrogen-bond donors (Lipinski definition) is 2. The molecular weight excluding hydrogens is 256 g/mol. The molecule has 5 heteroatoms. The molecule has 1 atom stereocenters. The number of carbonyl (C=O) groups is 1. The third-order valence-corrected chi connectivity index (χ3v) is 2.88. The summed E-state index contributed by atoms with van der Waals surface area (Å²) >= 11 is 0. The Hall–Kier alpha value is -2.04.